The average molecular weight is 392 g/mol. The van der Waals surface area contributed by atoms with E-state index in [0.29, 0.717) is 49.8 Å². The molecule has 28 heavy (non-hydrogen) atoms. The van der Waals surface area contributed by atoms with E-state index in [9.17, 15) is 9.59 Å². The highest BCUT2D eigenvalue weighted by Gasteiger charge is 2.15. The average Bonchev–Trinajstić information content (AvgIpc) is 2.68. The van der Waals surface area contributed by atoms with E-state index < -0.39 is 0 Å². The lowest BCUT2D eigenvalue weighted by Gasteiger charge is -2.22. The molecule has 2 rings (SSSR count). The lowest BCUT2D eigenvalue weighted by molar-refractivity contribution is -0.116. The van der Waals surface area contributed by atoms with Gasteiger partial charge in [0, 0.05) is 30.8 Å². The van der Waals surface area contributed by atoms with Gasteiger partial charge in [0.15, 0.2) is 11.5 Å². The Hall–Kier alpha value is -2.44. The van der Waals surface area contributed by atoms with Gasteiger partial charge >= 0.3 is 6.03 Å². The Labute approximate surface area is 167 Å². The first-order valence-corrected chi connectivity index (χ1v) is 10.4. The van der Waals surface area contributed by atoms with Gasteiger partial charge in [-0.15, -0.1) is 0 Å². The second-order valence-electron chi connectivity index (χ2n) is 6.91. The van der Waals surface area contributed by atoms with Crippen molar-refractivity contribution in [2.45, 2.75) is 64.8 Å². The molecule has 0 radical (unpaired) electrons. The maximum absolute atomic E-state index is 12.1. The Bertz CT molecular complexity index is 630. The third-order valence-electron chi connectivity index (χ3n) is 4.63. The van der Waals surface area contributed by atoms with Crippen molar-refractivity contribution in [2.75, 3.05) is 25.1 Å². The molecular weight excluding hydrogens is 358 g/mol. The molecule has 1 aliphatic carbocycles. The van der Waals surface area contributed by atoms with E-state index in [2.05, 4.69) is 16.0 Å². The molecule has 1 aliphatic rings. The number of nitrogens with one attached hydrogen (secondary N) is 3. The highest BCUT2D eigenvalue weighted by Crippen LogP contribution is 2.30. The molecule has 156 valence electrons. The number of benzene rings is 1. The molecular formula is C21H33N3O4. The van der Waals surface area contributed by atoms with E-state index >= 15 is 0 Å². The van der Waals surface area contributed by atoms with Gasteiger partial charge in [0.1, 0.15) is 0 Å². The zero-order valence-electron chi connectivity index (χ0n) is 17.0. The van der Waals surface area contributed by atoms with Crippen molar-refractivity contribution in [3.8, 4) is 11.5 Å². The molecule has 0 spiro atoms. The van der Waals surface area contributed by atoms with Gasteiger partial charge in [-0.25, -0.2) is 4.79 Å². The summed E-state index contributed by atoms with van der Waals surface area (Å²) in [6.45, 7) is 5.35. The van der Waals surface area contributed by atoms with Crippen LogP contribution >= 0.6 is 0 Å². The first-order chi connectivity index (χ1) is 13.6. The fourth-order valence-electron chi connectivity index (χ4n) is 3.29. The molecule has 1 aromatic rings. The van der Waals surface area contributed by atoms with Gasteiger partial charge in [-0.1, -0.05) is 19.3 Å². The molecule has 0 unspecified atom stereocenters. The molecule has 0 atom stereocenters. The Morgan fingerprint density at radius 3 is 2.46 bits per heavy atom. The Morgan fingerprint density at radius 1 is 1.04 bits per heavy atom. The van der Waals surface area contributed by atoms with Crippen LogP contribution in [0.25, 0.3) is 0 Å². The molecule has 0 aliphatic heterocycles. The SMILES string of the molecule is CCOc1ccc(NC(=O)CCCNC(=O)NC2CCCCC2)cc1OCC. The fourth-order valence-corrected chi connectivity index (χ4v) is 3.29. The first-order valence-electron chi connectivity index (χ1n) is 10.4. The summed E-state index contributed by atoms with van der Waals surface area (Å²) in [5.74, 6) is 1.18. The Kier molecular flexibility index (Phi) is 9.45. The third-order valence-corrected chi connectivity index (χ3v) is 4.63. The molecule has 7 nitrogen and oxygen atoms in total. The van der Waals surface area contributed by atoms with Gasteiger partial charge in [-0.2, -0.15) is 0 Å². The van der Waals surface area contributed by atoms with Crippen molar-refractivity contribution in [3.63, 3.8) is 0 Å². The van der Waals surface area contributed by atoms with E-state index in [4.69, 9.17) is 9.47 Å². The summed E-state index contributed by atoms with van der Waals surface area (Å²) in [6, 6.07) is 5.50. The fraction of sp³-hybridized carbons (Fsp3) is 0.619. The first kappa shape index (κ1) is 21.9. The number of carbonyl (C=O) groups is 2. The number of amides is 3. The van der Waals surface area contributed by atoms with E-state index in [1.807, 2.05) is 13.8 Å². The lowest BCUT2D eigenvalue weighted by Crippen LogP contribution is -2.43. The van der Waals surface area contributed by atoms with Crippen LogP contribution < -0.4 is 25.4 Å². The minimum absolute atomic E-state index is 0.0962. The smallest absolute Gasteiger partial charge is 0.315 e. The van der Waals surface area contributed by atoms with Gasteiger partial charge in [0.2, 0.25) is 5.91 Å². The molecule has 0 saturated heterocycles. The molecule has 3 N–H and O–H groups in total. The van der Waals surface area contributed by atoms with Crippen LogP contribution in [-0.2, 0) is 4.79 Å². The molecule has 1 saturated carbocycles. The molecule has 1 aromatic carbocycles. The summed E-state index contributed by atoms with van der Waals surface area (Å²) in [6.07, 6.45) is 6.65. The summed E-state index contributed by atoms with van der Waals surface area (Å²) in [5.41, 5.74) is 0.667. The lowest BCUT2D eigenvalue weighted by atomic mass is 9.96. The summed E-state index contributed by atoms with van der Waals surface area (Å²) in [4.78, 5) is 24.0. The van der Waals surface area contributed by atoms with Crippen LogP contribution in [0.5, 0.6) is 11.5 Å². The molecule has 1 fully saturated rings. The van der Waals surface area contributed by atoms with Crippen LogP contribution in [0.1, 0.15) is 58.8 Å². The van der Waals surface area contributed by atoms with Crippen LogP contribution in [0, 0.1) is 0 Å². The minimum Gasteiger partial charge on any atom is -0.490 e. The quantitative estimate of drug-likeness (QED) is 0.529. The van der Waals surface area contributed by atoms with Crippen LogP contribution in [0.4, 0.5) is 10.5 Å². The zero-order chi connectivity index (χ0) is 20.2. The summed E-state index contributed by atoms with van der Waals surface area (Å²) in [7, 11) is 0. The van der Waals surface area contributed by atoms with Crippen molar-refractivity contribution in [2.24, 2.45) is 0 Å². The largest absolute Gasteiger partial charge is 0.490 e. The van der Waals surface area contributed by atoms with Crippen LogP contribution in [-0.4, -0.2) is 37.7 Å². The highest BCUT2D eigenvalue weighted by molar-refractivity contribution is 5.91. The number of anilines is 1. The minimum atomic E-state index is -0.139. The second-order valence-corrected chi connectivity index (χ2v) is 6.91. The number of ether oxygens (including phenoxy) is 2. The standard InChI is InChI=1S/C21H33N3O4/c1-3-27-18-13-12-17(15-19(18)28-4-2)23-20(25)11-8-14-22-21(26)24-16-9-6-5-7-10-16/h12-13,15-16H,3-11,14H2,1-2H3,(H,23,25)(H2,22,24,26). The number of hydrogen-bond donors (Lipinski definition) is 3. The van der Waals surface area contributed by atoms with Gasteiger partial charge in [-0.3, -0.25) is 4.79 Å². The normalized spacial score (nSPS) is 14.2. The van der Waals surface area contributed by atoms with E-state index in [-0.39, 0.29) is 18.0 Å². The van der Waals surface area contributed by atoms with Crippen molar-refractivity contribution >= 4 is 17.6 Å². The molecule has 0 aromatic heterocycles. The molecule has 0 heterocycles. The van der Waals surface area contributed by atoms with E-state index in [1.54, 1.807) is 18.2 Å². The summed E-state index contributed by atoms with van der Waals surface area (Å²) < 4.78 is 11.1. The van der Waals surface area contributed by atoms with Gasteiger partial charge in [-0.05, 0) is 45.2 Å². The van der Waals surface area contributed by atoms with E-state index in [0.717, 1.165) is 12.8 Å². The number of urea groups is 1. The Balaban J connectivity index is 1.69. The van der Waals surface area contributed by atoms with Crippen molar-refractivity contribution in [1.29, 1.82) is 0 Å². The molecule has 7 heteroatoms. The predicted molar refractivity (Wildman–Crippen MR) is 110 cm³/mol. The molecule has 0 bridgehead atoms. The number of hydrogen-bond acceptors (Lipinski definition) is 4. The van der Waals surface area contributed by atoms with Crippen LogP contribution in [0.2, 0.25) is 0 Å². The predicted octanol–water partition coefficient (Wildman–Crippen LogP) is 3.83. The van der Waals surface area contributed by atoms with Crippen LogP contribution in [0.15, 0.2) is 18.2 Å². The van der Waals surface area contributed by atoms with E-state index in [1.165, 1.54) is 19.3 Å². The summed E-state index contributed by atoms with van der Waals surface area (Å²) >= 11 is 0. The molecule has 3 amide bonds. The third kappa shape index (κ3) is 7.66. The zero-order valence-corrected chi connectivity index (χ0v) is 17.0. The topological polar surface area (TPSA) is 88.7 Å². The monoisotopic (exact) mass is 391 g/mol. The van der Waals surface area contributed by atoms with Gasteiger partial charge in [0.05, 0.1) is 13.2 Å². The highest BCUT2D eigenvalue weighted by atomic mass is 16.5. The maximum atomic E-state index is 12.1. The maximum Gasteiger partial charge on any atom is 0.315 e. The number of rotatable bonds is 10. The summed E-state index contributed by atoms with van der Waals surface area (Å²) in [5, 5.41) is 8.70. The van der Waals surface area contributed by atoms with Crippen molar-refractivity contribution in [1.82, 2.24) is 10.6 Å². The Morgan fingerprint density at radius 2 is 1.75 bits per heavy atom. The number of carbonyl (C=O) groups excluding carboxylic acids is 2. The second kappa shape index (κ2) is 12.1. The van der Waals surface area contributed by atoms with Crippen LogP contribution in [0.3, 0.4) is 0 Å². The van der Waals surface area contributed by atoms with Gasteiger partial charge < -0.3 is 25.4 Å². The van der Waals surface area contributed by atoms with Crippen molar-refractivity contribution < 1.29 is 19.1 Å². The van der Waals surface area contributed by atoms with Gasteiger partial charge in [0.25, 0.3) is 0 Å². The van der Waals surface area contributed by atoms with Crippen molar-refractivity contribution in [3.05, 3.63) is 18.2 Å².